The molecule has 1 aliphatic rings. The van der Waals surface area contributed by atoms with Crippen LogP contribution in [0.1, 0.15) is 93.8 Å². The summed E-state index contributed by atoms with van der Waals surface area (Å²) < 4.78 is 0. The maximum Gasteiger partial charge on any atom is 0.303 e. The third kappa shape index (κ3) is 7.30. The fraction of sp³-hybridized carbons (Fsp3) is 0.600. The first-order chi connectivity index (χ1) is 14.8. The Morgan fingerprint density at radius 3 is 2.65 bits per heavy atom. The van der Waals surface area contributed by atoms with E-state index in [0.717, 1.165) is 68.4 Å². The summed E-state index contributed by atoms with van der Waals surface area (Å²) in [6, 6.07) is 4.42. The minimum atomic E-state index is -0.767. The van der Waals surface area contributed by atoms with Crippen LogP contribution in [0.2, 0.25) is 0 Å². The SMILES string of the molecule is Cc1ncc([C@@H](CCCCCCc2ccc3c(n2)NC(C)(C)CCC3)CC(=O)O)cn1. The summed E-state index contributed by atoms with van der Waals surface area (Å²) in [5.41, 5.74) is 3.52. The number of nitrogens with one attached hydrogen (secondary N) is 1. The van der Waals surface area contributed by atoms with E-state index in [2.05, 4.69) is 41.3 Å². The molecular formula is C25H36N4O2. The van der Waals surface area contributed by atoms with E-state index < -0.39 is 5.97 Å². The predicted octanol–water partition coefficient (Wildman–Crippen LogP) is 5.46. The van der Waals surface area contributed by atoms with Gasteiger partial charge in [-0.15, -0.1) is 0 Å². The minimum Gasteiger partial charge on any atom is -0.481 e. The number of aliphatic carboxylic acids is 1. The van der Waals surface area contributed by atoms with Gasteiger partial charge in [0.05, 0.1) is 6.42 Å². The molecule has 0 aromatic carbocycles. The summed E-state index contributed by atoms with van der Waals surface area (Å²) in [4.78, 5) is 24.6. The van der Waals surface area contributed by atoms with Gasteiger partial charge in [-0.2, -0.15) is 0 Å². The zero-order valence-corrected chi connectivity index (χ0v) is 19.2. The van der Waals surface area contributed by atoms with E-state index in [1.807, 2.05) is 6.92 Å². The summed E-state index contributed by atoms with van der Waals surface area (Å²) in [6.07, 6.45) is 13.3. The van der Waals surface area contributed by atoms with Gasteiger partial charge in [0, 0.05) is 23.6 Å². The van der Waals surface area contributed by atoms with E-state index in [1.54, 1.807) is 12.4 Å². The lowest BCUT2D eigenvalue weighted by molar-refractivity contribution is -0.137. The van der Waals surface area contributed by atoms with Crippen molar-refractivity contribution in [3.8, 4) is 0 Å². The van der Waals surface area contributed by atoms with E-state index in [9.17, 15) is 9.90 Å². The zero-order chi connectivity index (χ0) is 22.3. The van der Waals surface area contributed by atoms with E-state index in [4.69, 9.17) is 4.98 Å². The molecule has 168 valence electrons. The topological polar surface area (TPSA) is 88.0 Å². The van der Waals surface area contributed by atoms with Crippen molar-refractivity contribution in [3.63, 3.8) is 0 Å². The van der Waals surface area contributed by atoms with Crippen LogP contribution in [0.25, 0.3) is 0 Å². The highest BCUT2D eigenvalue weighted by molar-refractivity contribution is 5.68. The molecule has 6 nitrogen and oxygen atoms in total. The molecular weight excluding hydrogens is 388 g/mol. The van der Waals surface area contributed by atoms with Crippen LogP contribution >= 0.6 is 0 Å². The van der Waals surface area contributed by atoms with Gasteiger partial charge in [-0.3, -0.25) is 4.79 Å². The number of anilines is 1. The summed E-state index contributed by atoms with van der Waals surface area (Å²) in [5, 5.41) is 12.9. The van der Waals surface area contributed by atoms with Gasteiger partial charge in [0.25, 0.3) is 0 Å². The fourth-order valence-corrected chi connectivity index (χ4v) is 4.34. The Labute approximate surface area is 185 Å². The largest absolute Gasteiger partial charge is 0.481 e. The molecule has 0 fully saturated rings. The number of aromatic nitrogens is 3. The number of rotatable bonds is 10. The summed E-state index contributed by atoms with van der Waals surface area (Å²) >= 11 is 0. The summed E-state index contributed by atoms with van der Waals surface area (Å²) in [6.45, 7) is 6.33. The Hall–Kier alpha value is -2.50. The maximum atomic E-state index is 11.3. The van der Waals surface area contributed by atoms with Crippen LogP contribution in [-0.2, 0) is 17.6 Å². The second-order valence-electron chi connectivity index (χ2n) is 9.48. The van der Waals surface area contributed by atoms with Gasteiger partial charge in [0.1, 0.15) is 11.6 Å². The highest BCUT2D eigenvalue weighted by Gasteiger charge is 2.23. The van der Waals surface area contributed by atoms with Crippen molar-refractivity contribution in [1.82, 2.24) is 15.0 Å². The number of nitrogens with zero attached hydrogens (tertiary/aromatic N) is 3. The number of carboxylic acid groups (broad SMARTS) is 1. The molecule has 1 atom stereocenters. The lowest BCUT2D eigenvalue weighted by atomic mass is 9.92. The number of unbranched alkanes of at least 4 members (excludes halogenated alkanes) is 3. The van der Waals surface area contributed by atoms with Gasteiger partial charge < -0.3 is 10.4 Å². The van der Waals surface area contributed by atoms with Crippen LogP contribution in [0.5, 0.6) is 0 Å². The van der Waals surface area contributed by atoms with Crippen molar-refractivity contribution in [3.05, 3.63) is 47.2 Å². The van der Waals surface area contributed by atoms with Crippen molar-refractivity contribution in [2.45, 2.75) is 96.4 Å². The van der Waals surface area contributed by atoms with Gasteiger partial charge in [-0.05, 0) is 82.4 Å². The van der Waals surface area contributed by atoms with Crippen LogP contribution in [0.3, 0.4) is 0 Å². The lowest BCUT2D eigenvalue weighted by Gasteiger charge is -2.25. The number of fused-ring (bicyclic) bond motifs is 1. The Kier molecular flexibility index (Phi) is 7.99. The average molecular weight is 425 g/mol. The highest BCUT2D eigenvalue weighted by Crippen LogP contribution is 2.29. The van der Waals surface area contributed by atoms with Crippen molar-refractivity contribution in [2.24, 2.45) is 0 Å². The number of carboxylic acids is 1. The molecule has 3 heterocycles. The van der Waals surface area contributed by atoms with Gasteiger partial charge in [-0.25, -0.2) is 15.0 Å². The van der Waals surface area contributed by atoms with Crippen LogP contribution in [0, 0.1) is 6.92 Å². The van der Waals surface area contributed by atoms with Crippen LogP contribution in [0.4, 0.5) is 5.82 Å². The molecule has 2 N–H and O–H groups in total. The van der Waals surface area contributed by atoms with E-state index in [1.165, 1.54) is 12.0 Å². The Morgan fingerprint density at radius 2 is 1.90 bits per heavy atom. The molecule has 0 bridgehead atoms. The molecule has 3 rings (SSSR count). The van der Waals surface area contributed by atoms with Crippen LogP contribution in [0.15, 0.2) is 24.5 Å². The Balaban J connectivity index is 1.44. The van der Waals surface area contributed by atoms with Crippen LogP contribution in [-0.4, -0.2) is 31.6 Å². The summed E-state index contributed by atoms with van der Waals surface area (Å²) in [5.74, 6) is 0.996. The fourth-order valence-electron chi connectivity index (χ4n) is 4.34. The molecule has 0 saturated heterocycles. The molecule has 0 unspecified atom stereocenters. The smallest absolute Gasteiger partial charge is 0.303 e. The molecule has 6 heteroatoms. The second kappa shape index (κ2) is 10.7. The van der Waals surface area contributed by atoms with Gasteiger partial charge in [0.2, 0.25) is 0 Å². The molecule has 0 aliphatic carbocycles. The number of hydrogen-bond donors (Lipinski definition) is 2. The number of hydrogen-bond acceptors (Lipinski definition) is 5. The molecule has 0 spiro atoms. The number of carbonyl (C=O) groups is 1. The first-order valence-corrected chi connectivity index (χ1v) is 11.6. The van der Waals surface area contributed by atoms with Gasteiger partial charge in [-0.1, -0.05) is 25.3 Å². The average Bonchev–Trinajstić information content (AvgIpc) is 2.86. The normalized spacial score (nSPS) is 16.1. The van der Waals surface area contributed by atoms with Crippen molar-refractivity contribution in [1.29, 1.82) is 0 Å². The number of pyridine rings is 1. The predicted molar refractivity (Wildman–Crippen MR) is 123 cm³/mol. The molecule has 2 aromatic rings. The zero-order valence-electron chi connectivity index (χ0n) is 19.2. The third-order valence-corrected chi connectivity index (χ3v) is 6.17. The van der Waals surface area contributed by atoms with E-state index in [-0.39, 0.29) is 17.9 Å². The van der Waals surface area contributed by atoms with Crippen molar-refractivity contribution < 1.29 is 9.90 Å². The first kappa shape index (κ1) is 23.2. The molecule has 0 radical (unpaired) electrons. The van der Waals surface area contributed by atoms with Crippen molar-refractivity contribution in [2.75, 3.05) is 5.32 Å². The lowest BCUT2D eigenvalue weighted by Crippen LogP contribution is -2.30. The monoisotopic (exact) mass is 424 g/mol. The maximum absolute atomic E-state index is 11.3. The number of aryl methyl sites for hydroxylation is 3. The molecule has 2 aromatic heterocycles. The third-order valence-electron chi connectivity index (χ3n) is 6.17. The van der Waals surface area contributed by atoms with Gasteiger partial charge in [0.15, 0.2) is 0 Å². The molecule has 31 heavy (non-hydrogen) atoms. The minimum absolute atomic E-state index is 0.0150. The quantitative estimate of drug-likeness (QED) is 0.493. The highest BCUT2D eigenvalue weighted by atomic mass is 16.4. The summed E-state index contributed by atoms with van der Waals surface area (Å²) in [7, 11) is 0. The second-order valence-corrected chi connectivity index (χ2v) is 9.48. The van der Waals surface area contributed by atoms with Gasteiger partial charge >= 0.3 is 5.97 Å². The molecule has 0 saturated carbocycles. The Morgan fingerprint density at radius 1 is 1.16 bits per heavy atom. The molecule has 0 amide bonds. The first-order valence-electron chi connectivity index (χ1n) is 11.6. The van der Waals surface area contributed by atoms with E-state index >= 15 is 0 Å². The van der Waals surface area contributed by atoms with E-state index in [0.29, 0.717) is 5.82 Å². The van der Waals surface area contributed by atoms with Crippen LogP contribution < -0.4 is 5.32 Å². The van der Waals surface area contributed by atoms with Crippen molar-refractivity contribution >= 4 is 11.8 Å². The molecule has 1 aliphatic heterocycles. The Bertz CT molecular complexity index is 864. The standard InChI is InChI=1S/C25H36N4O2/c1-18-26-16-21(17-27-18)20(15-23(30)31)9-6-4-5-7-11-22-13-12-19-10-8-14-25(2,3)29-24(19)28-22/h12-13,16-17,20H,4-11,14-15H2,1-3H3,(H,28,29)(H,30,31)/t20-/m0/s1.